The van der Waals surface area contributed by atoms with Crippen molar-refractivity contribution >= 4 is 11.6 Å². The zero-order valence-electron chi connectivity index (χ0n) is 13.4. The van der Waals surface area contributed by atoms with Crippen LogP contribution in [0, 0.1) is 0 Å². The fourth-order valence-electron chi connectivity index (χ4n) is 2.38. The molecule has 0 radical (unpaired) electrons. The minimum Gasteiger partial charge on any atom is -0.387 e. The molecule has 0 spiro atoms. The van der Waals surface area contributed by atoms with Gasteiger partial charge >= 0.3 is 0 Å². The Morgan fingerprint density at radius 3 is 2.55 bits per heavy atom. The van der Waals surface area contributed by atoms with E-state index in [2.05, 4.69) is 24.1 Å². The van der Waals surface area contributed by atoms with Crippen LogP contribution in [0.25, 0.3) is 0 Å². The van der Waals surface area contributed by atoms with Crippen molar-refractivity contribution in [3.63, 3.8) is 0 Å². The molecule has 116 valence electrons. The van der Waals surface area contributed by atoms with Crippen LogP contribution in [0.5, 0.6) is 0 Å². The van der Waals surface area contributed by atoms with Crippen molar-refractivity contribution in [1.82, 2.24) is 9.88 Å². The van der Waals surface area contributed by atoms with E-state index in [4.69, 9.17) is 0 Å². The molecule has 0 aliphatic carbocycles. The zero-order valence-corrected chi connectivity index (χ0v) is 13.4. The number of amides is 1. The lowest BCUT2D eigenvalue weighted by atomic mass is 10.1. The van der Waals surface area contributed by atoms with Gasteiger partial charge in [-0.2, -0.15) is 0 Å². The summed E-state index contributed by atoms with van der Waals surface area (Å²) in [4.78, 5) is 19.0. The second-order valence-corrected chi connectivity index (χ2v) is 5.34. The molecule has 1 aromatic carbocycles. The SMILES string of the molecule is CCC(C)N(Cc1ccncc1)C(=O)c1ccccc1NC. The van der Waals surface area contributed by atoms with E-state index in [9.17, 15) is 4.79 Å². The van der Waals surface area contributed by atoms with Crippen LogP contribution in [0.3, 0.4) is 0 Å². The Balaban J connectivity index is 2.30. The van der Waals surface area contributed by atoms with E-state index in [1.807, 2.05) is 48.3 Å². The first-order chi connectivity index (χ1) is 10.7. The highest BCUT2D eigenvalue weighted by molar-refractivity contribution is 5.99. The van der Waals surface area contributed by atoms with Gasteiger partial charge in [-0.3, -0.25) is 9.78 Å². The zero-order chi connectivity index (χ0) is 15.9. The maximum Gasteiger partial charge on any atom is 0.256 e. The molecule has 0 aliphatic heterocycles. The fourth-order valence-corrected chi connectivity index (χ4v) is 2.38. The standard InChI is InChI=1S/C18H23N3O/c1-4-14(2)21(13-15-9-11-20-12-10-15)18(22)16-7-5-6-8-17(16)19-3/h5-12,14,19H,4,13H2,1-3H3. The third kappa shape index (κ3) is 3.64. The van der Waals surface area contributed by atoms with Gasteiger partial charge in [-0.25, -0.2) is 0 Å². The van der Waals surface area contributed by atoms with Crippen LogP contribution in [0.2, 0.25) is 0 Å². The normalized spacial score (nSPS) is 11.8. The lowest BCUT2D eigenvalue weighted by Crippen LogP contribution is -2.38. The van der Waals surface area contributed by atoms with Gasteiger partial charge in [0.05, 0.1) is 5.56 Å². The number of rotatable bonds is 6. The summed E-state index contributed by atoms with van der Waals surface area (Å²) >= 11 is 0. The van der Waals surface area contributed by atoms with E-state index < -0.39 is 0 Å². The van der Waals surface area contributed by atoms with Crippen LogP contribution < -0.4 is 5.32 Å². The maximum absolute atomic E-state index is 13.0. The summed E-state index contributed by atoms with van der Waals surface area (Å²) in [6.07, 6.45) is 4.44. The molecule has 4 nitrogen and oxygen atoms in total. The number of anilines is 1. The van der Waals surface area contributed by atoms with Crippen molar-refractivity contribution in [1.29, 1.82) is 0 Å². The van der Waals surface area contributed by atoms with Gasteiger partial charge in [0.1, 0.15) is 0 Å². The average Bonchev–Trinajstić information content (AvgIpc) is 2.59. The number of benzene rings is 1. The molecule has 2 aromatic rings. The van der Waals surface area contributed by atoms with Crippen molar-refractivity contribution in [2.75, 3.05) is 12.4 Å². The van der Waals surface area contributed by atoms with E-state index in [-0.39, 0.29) is 11.9 Å². The van der Waals surface area contributed by atoms with Crippen molar-refractivity contribution in [2.45, 2.75) is 32.9 Å². The molecule has 2 rings (SSSR count). The summed E-state index contributed by atoms with van der Waals surface area (Å²) in [6, 6.07) is 11.7. The molecule has 4 heteroatoms. The Morgan fingerprint density at radius 2 is 1.91 bits per heavy atom. The van der Waals surface area contributed by atoms with Crippen LogP contribution >= 0.6 is 0 Å². The lowest BCUT2D eigenvalue weighted by molar-refractivity contribution is 0.0672. The number of carbonyl (C=O) groups excluding carboxylic acids is 1. The maximum atomic E-state index is 13.0. The highest BCUT2D eigenvalue weighted by atomic mass is 16.2. The van der Waals surface area contributed by atoms with Crippen molar-refractivity contribution in [3.8, 4) is 0 Å². The third-order valence-corrected chi connectivity index (χ3v) is 3.91. The number of carbonyl (C=O) groups is 1. The van der Waals surface area contributed by atoms with Crippen LogP contribution in [-0.4, -0.2) is 28.9 Å². The van der Waals surface area contributed by atoms with E-state index >= 15 is 0 Å². The number of nitrogens with zero attached hydrogens (tertiary/aromatic N) is 2. The minimum absolute atomic E-state index is 0.0520. The molecular weight excluding hydrogens is 274 g/mol. The number of aromatic nitrogens is 1. The molecule has 0 saturated carbocycles. The monoisotopic (exact) mass is 297 g/mol. The van der Waals surface area contributed by atoms with E-state index in [1.165, 1.54) is 0 Å². The van der Waals surface area contributed by atoms with Gasteiger partial charge in [0.2, 0.25) is 0 Å². The second-order valence-electron chi connectivity index (χ2n) is 5.34. The van der Waals surface area contributed by atoms with E-state index in [0.29, 0.717) is 12.1 Å². The Kier molecular flexibility index (Phi) is 5.53. The number of pyridine rings is 1. The molecule has 1 heterocycles. The Labute approximate surface area is 132 Å². The second kappa shape index (κ2) is 7.59. The topological polar surface area (TPSA) is 45.2 Å². The van der Waals surface area contributed by atoms with E-state index in [1.54, 1.807) is 12.4 Å². The number of nitrogens with one attached hydrogen (secondary N) is 1. The smallest absolute Gasteiger partial charge is 0.256 e. The Morgan fingerprint density at radius 1 is 1.23 bits per heavy atom. The van der Waals surface area contributed by atoms with Gasteiger partial charge in [-0.15, -0.1) is 0 Å². The molecule has 1 unspecified atom stereocenters. The summed E-state index contributed by atoms with van der Waals surface area (Å²) < 4.78 is 0. The first-order valence-corrected chi connectivity index (χ1v) is 7.64. The Hall–Kier alpha value is -2.36. The molecule has 1 aromatic heterocycles. The number of hydrogen-bond acceptors (Lipinski definition) is 3. The van der Waals surface area contributed by atoms with Crippen LogP contribution in [0.4, 0.5) is 5.69 Å². The first-order valence-electron chi connectivity index (χ1n) is 7.64. The predicted molar refractivity (Wildman–Crippen MR) is 89.9 cm³/mol. The molecule has 1 amide bonds. The highest BCUT2D eigenvalue weighted by Crippen LogP contribution is 2.20. The van der Waals surface area contributed by atoms with Gasteiger partial charge in [0.15, 0.2) is 0 Å². The quantitative estimate of drug-likeness (QED) is 0.886. The van der Waals surface area contributed by atoms with Gasteiger partial charge in [0.25, 0.3) is 5.91 Å². The summed E-state index contributed by atoms with van der Waals surface area (Å²) in [5.41, 5.74) is 2.65. The van der Waals surface area contributed by atoms with Crippen molar-refractivity contribution in [2.24, 2.45) is 0 Å². The summed E-state index contributed by atoms with van der Waals surface area (Å²) in [7, 11) is 1.84. The van der Waals surface area contributed by atoms with Gasteiger partial charge in [-0.1, -0.05) is 19.1 Å². The summed E-state index contributed by atoms with van der Waals surface area (Å²) in [6.45, 7) is 4.77. The van der Waals surface area contributed by atoms with Gasteiger partial charge in [0, 0.05) is 37.7 Å². The first kappa shape index (κ1) is 16.0. The molecule has 0 saturated heterocycles. The highest BCUT2D eigenvalue weighted by Gasteiger charge is 2.22. The molecule has 0 aliphatic rings. The molecular formula is C18H23N3O. The van der Waals surface area contributed by atoms with Crippen LogP contribution in [-0.2, 0) is 6.54 Å². The van der Waals surface area contributed by atoms with Gasteiger partial charge < -0.3 is 10.2 Å². The number of para-hydroxylation sites is 1. The van der Waals surface area contributed by atoms with E-state index in [0.717, 1.165) is 17.7 Å². The average molecular weight is 297 g/mol. The fraction of sp³-hybridized carbons (Fsp3) is 0.333. The van der Waals surface area contributed by atoms with Crippen LogP contribution in [0.1, 0.15) is 36.2 Å². The summed E-state index contributed by atoms with van der Waals surface area (Å²) in [5.74, 6) is 0.0520. The Bertz CT molecular complexity index is 613. The molecule has 22 heavy (non-hydrogen) atoms. The van der Waals surface area contributed by atoms with Crippen molar-refractivity contribution < 1.29 is 4.79 Å². The van der Waals surface area contributed by atoms with Gasteiger partial charge in [-0.05, 0) is 43.2 Å². The lowest BCUT2D eigenvalue weighted by Gasteiger charge is -2.29. The minimum atomic E-state index is 0.0520. The van der Waals surface area contributed by atoms with Crippen LogP contribution in [0.15, 0.2) is 48.8 Å². The predicted octanol–water partition coefficient (Wildman–Crippen LogP) is 3.56. The molecule has 1 N–H and O–H groups in total. The largest absolute Gasteiger partial charge is 0.387 e. The van der Waals surface area contributed by atoms with Crippen molar-refractivity contribution in [3.05, 3.63) is 59.9 Å². The molecule has 0 fully saturated rings. The number of hydrogen-bond donors (Lipinski definition) is 1. The molecule has 0 bridgehead atoms. The third-order valence-electron chi connectivity index (χ3n) is 3.91. The molecule has 1 atom stereocenters. The summed E-state index contributed by atoms with van der Waals surface area (Å²) in [5, 5.41) is 3.09.